The van der Waals surface area contributed by atoms with Crippen LogP contribution in [0.1, 0.15) is 0 Å². The second-order valence-corrected chi connectivity index (χ2v) is 3.78. The smallest absolute Gasteiger partial charge is 0.376 e. The van der Waals surface area contributed by atoms with Gasteiger partial charge in [-0.25, -0.2) is 8.42 Å². The van der Waals surface area contributed by atoms with Crippen molar-refractivity contribution in [3.8, 4) is 0 Å². The highest BCUT2D eigenvalue weighted by Gasteiger charge is 2.49. The van der Waals surface area contributed by atoms with E-state index in [2.05, 4.69) is 5.73 Å². The van der Waals surface area contributed by atoms with Crippen LogP contribution in [0.15, 0.2) is 0 Å². The van der Waals surface area contributed by atoms with Gasteiger partial charge in [-0.1, -0.05) is 0 Å². The Hall–Kier alpha value is -0.340. The minimum Gasteiger partial charge on any atom is -0.376 e. The lowest BCUT2D eigenvalue weighted by atomic mass is 10.7. The van der Waals surface area contributed by atoms with Crippen molar-refractivity contribution in [2.75, 3.05) is 6.54 Å². The number of aliphatic hydroxyl groups is 1. The van der Waals surface area contributed by atoms with Crippen molar-refractivity contribution < 1.29 is 26.7 Å². The summed E-state index contributed by atoms with van der Waals surface area (Å²) in [6.45, 7) is -0.970. The SMILES string of the molecule is NC[C@H](O)S(=O)(=O)C(F)(F)F. The van der Waals surface area contributed by atoms with Gasteiger partial charge in [0.1, 0.15) is 0 Å². The normalized spacial score (nSPS) is 16.5. The Balaban J connectivity index is 4.77. The van der Waals surface area contributed by atoms with Gasteiger partial charge in [-0.05, 0) is 0 Å². The highest BCUT2D eigenvalue weighted by Crippen LogP contribution is 2.25. The first-order valence-electron chi connectivity index (χ1n) is 2.41. The van der Waals surface area contributed by atoms with Crippen LogP contribution in [0.4, 0.5) is 13.2 Å². The summed E-state index contributed by atoms with van der Waals surface area (Å²) in [7, 11) is -5.50. The topological polar surface area (TPSA) is 80.4 Å². The van der Waals surface area contributed by atoms with Gasteiger partial charge in [-0.15, -0.1) is 0 Å². The van der Waals surface area contributed by atoms with Gasteiger partial charge in [0.15, 0.2) is 5.44 Å². The van der Waals surface area contributed by atoms with Crippen LogP contribution in [-0.4, -0.2) is 31.0 Å². The molecule has 0 unspecified atom stereocenters. The molecule has 68 valence electrons. The Bertz CT molecular complexity index is 220. The molecule has 0 aliphatic carbocycles. The maximum absolute atomic E-state index is 11.5. The van der Waals surface area contributed by atoms with Gasteiger partial charge in [-0.2, -0.15) is 13.2 Å². The molecule has 0 bridgehead atoms. The second kappa shape index (κ2) is 2.95. The molecule has 0 heterocycles. The second-order valence-electron chi connectivity index (χ2n) is 1.68. The Morgan fingerprint density at radius 3 is 1.91 bits per heavy atom. The molecule has 3 N–H and O–H groups in total. The third kappa shape index (κ3) is 2.04. The maximum Gasteiger partial charge on any atom is 0.500 e. The Labute approximate surface area is 60.7 Å². The van der Waals surface area contributed by atoms with E-state index in [0.717, 1.165) is 0 Å². The summed E-state index contributed by atoms with van der Waals surface area (Å²) in [4.78, 5) is 0. The molecule has 1 atom stereocenters. The number of rotatable bonds is 2. The fraction of sp³-hybridized carbons (Fsp3) is 1.00. The zero-order chi connectivity index (χ0) is 9.28. The van der Waals surface area contributed by atoms with E-state index in [1.54, 1.807) is 0 Å². The lowest BCUT2D eigenvalue weighted by Gasteiger charge is -2.11. The number of hydrogen-bond acceptors (Lipinski definition) is 4. The van der Waals surface area contributed by atoms with E-state index in [0.29, 0.717) is 0 Å². The summed E-state index contributed by atoms with van der Waals surface area (Å²) < 4.78 is 54.7. The molecule has 0 aliphatic rings. The fourth-order valence-electron chi connectivity index (χ4n) is 0.281. The molecule has 0 aromatic heterocycles. The standard InChI is InChI=1S/C3H6F3NO3S/c4-3(5,6)11(9,10)2(8)1-7/h2,8H,1,7H2/t2-/m1/s1. The van der Waals surface area contributed by atoms with Crippen molar-refractivity contribution in [3.05, 3.63) is 0 Å². The Morgan fingerprint density at radius 2 is 1.82 bits per heavy atom. The lowest BCUT2D eigenvalue weighted by Crippen LogP contribution is -2.38. The maximum atomic E-state index is 11.5. The first-order chi connectivity index (χ1) is 4.73. The van der Waals surface area contributed by atoms with Crippen molar-refractivity contribution in [1.82, 2.24) is 0 Å². The first kappa shape index (κ1) is 10.7. The molecule has 0 saturated heterocycles. The van der Waals surface area contributed by atoms with E-state index in [-0.39, 0.29) is 0 Å². The zero-order valence-electron chi connectivity index (χ0n) is 5.17. The van der Waals surface area contributed by atoms with E-state index >= 15 is 0 Å². The highest BCUT2D eigenvalue weighted by molar-refractivity contribution is 7.92. The minimum absolute atomic E-state index is 0.970. The third-order valence-corrected chi connectivity index (χ3v) is 2.44. The van der Waals surface area contributed by atoms with E-state index in [9.17, 15) is 21.6 Å². The van der Waals surface area contributed by atoms with Gasteiger partial charge in [0, 0.05) is 6.54 Å². The molecule has 8 heteroatoms. The zero-order valence-corrected chi connectivity index (χ0v) is 5.98. The summed E-state index contributed by atoms with van der Waals surface area (Å²) in [6, 6.07) is 0. The van der Waals surface area contributed by atoms with E-state index in [1.807, 2.05) is 0 Å². The summed E-state index contributed by atoms with van der Waals surface area (Å²) in [5.41, 5.74) is -3.48. The van der Waals surface area contributed by atoms with Crippen LogP contribution in [0.3, 0.4) is 0 Å². The largest absolute Gasteiger partial charge is 0.500 e. The quantitative estimate of drug-likeness (QED) is 0.601. The van der Waals surface area contributed by atoms with Crippen LogP contribution in [0.25, 0.3) is 0 Å². The Kier molecular flexibility index (Phi) is 2.86. The van der Waals surface area contributed by atoms with E-state index < -0.39 is 27.3 Å². The molecule has 0 fully saturated rings. The lowest BCUT2D eigenvalue weighted by molar-refractivity contribution is -0.0473. The molecule has 11 heavy (non-hydrogen) atoms. The van der Waals surface area contributed by atoms with Crippen LogP contribution >= 0.6 is 0 Å². The van der Waals surface area contributed by atoms with Gasteiger partial charge in [-0.3, -0.25) is 0 Å². The molecule has 0 saturated carbocycles. The molecule has 0 aliphatic heterocycles. The van der Waals surface area contributed by atoms with E-state index in [4.69, 9.17) is 5.11 Å². The number of nitrogens with two attached hydrogens (primary N) is 1. The van der Waals surface area contributed by atoms with Crippen molar-refractivity contribution in [3.63, 3.8) is 0 Å². The summed E-state index contributed by atoms with van der Waals surface area (Å²) >= 11 is 0. The predicted octanol–water partition coefficient (Wildman–Crippen LogP) is -0.802. The van der Waals surface area contributed by atoms with Crippen molar-refractivity contribution in [1.29, 1.82) is 0 Å². The molecule has 4 nitrogen and oxygen atoms in total. The summed E-state index contributed by atoms with van der Waals surface area (Å²) in [5, 5.41) is 8.29. The van der Waals surface area contributed by atoms with Crippen molar-refractivity contribution in [2.24, 2.45) is 5.73 Å². The van der Waals surface area contributed by atoms with Gasteiger partial charge in [0.05, 0.1) is 0 Å². The van der Waals surface area contributed by atoms with Crippen LogP contribution in [0.2, 0.25) is 0 Å². The summed E-state index contributed by atoms with van der Waals surface area (Å²) in [6.07, 6.45) is 0. The predicted molar refractivity (Wildman–Crippen MR) is 30.0 cm³/mol. The average molecular weight is 193 g/mol. The van der Waals surface area contributed by atoms with Crippen LogP contribution < -0.4 is 5.73 Å². The third-order valence-electron chi connectivity index (χ3n) is 0.882. The minimum atomic E-state index is -5.50. The van der Waals surface area contributed by atoms with Gasteiger partial charge >= 0.3 is 5.51 Å². The molecule has 0 spiro atoms. The van der Waals surface area contributed by atoms with Crippen LogP contribution in [0, 0.1) is 0 Å². The molecule has 0 rings (SSSR count). The summed E-state index contributed by atoms with van der Waals surface area (Å²) in [5.74, 6) is 0. The molecular formula is C3H6F3NO3S. The average Bonchev–Trinajstić information content (AvgIpc) is 1.83. The first-order valence-corrected chi connectivity index (χ1v) is 3.96. The number of halogens is 3. The number of sulfone groups is 1. The highest BCUT2D eigenvalue weighted by atomic mass is 32.2. The molecule has 0 amide bonds. The van der Waals surface area contributed by atoms with Crippen LogP contribution in [-0.2, 0) is 9.84 Å². The Morgan fingerprint density at radius 1 is 1.45 bits per heavy atom. The van der Waals surface area contributed by atoms with Crippen molar-refractivity contribution >= 4 is 9.84 Å². The molecular weight excluding hydrogens is 187 g/mol. The molecule has 0 radical (unpaired) electrons. The van der Waals surface area contributed by atoms with Crippen LogP contribution in [0.5, 0.6) is 0 Å². The number of aliphatic hydroxyl groups excluding tert-OH is 1. The molecule has 0 aromatic rings. The van der Waals surface area contributed by atoms with Gasteiger partial charge in [0.25, 0.3) is 9.84 Å². The fourth-order valence-corrected chi connectivity index (χ4v) is 0.843. The molecule has 0 aromatic carbocycles. The van der Waals surface area contributed by atoms with Crippen molar-refractivity contribution in [2.45, 2.75) is 10.9 Å². The number of hydrogen-bond donors (Lipinski definition) is 2. The monoisotopic (exact) mass is 193 g/mol. The van der Waals surface area contributed by atoms with E-state index in [1.165, 1.54) is 0 Å². The number of alkyl halides is 3. The van der Waals surface area contributed by atoms with Gasteiger partial charge in [0.2, 0.25) is 0 Å². The van der Waals surface area contributed by atoms with Gasteiger partial charge < -0.3 is 10.8 Å².